The zero-order chi connectivity index (χ0) is 14.2. The number of hydrogen-bond acceptors (Lipinski definition) is 3. The SMILES string of the molecule is CCNC(c1cc2sccc2s1)C1CC1c1ccccc1. The van der Waals surface area contributed by atoms with Gasteiger partial charge in [-0.1, -0.05) is 37.3 Å². The predicted molar refractivity (Wildman–Crippen MR) is 93.4 cm³/mol. The fraction of sp³-hybridized carbons (Fsp3) is 0.333. The second-order valence-corrected chi connectivity index (χ2v) is 7.81. The molecule has 0 spiro atoms. The predicted octanol–water partition coefficient (Wildman–Crippen LogP) is 5.42. The van der Waals surface area contributed by atoms with Gasteiger partial charge < -0.3 is 5.32 Å². The highest BCUT2D eigenvalue weighted by molar-refractivity contribution is 7.26. The lowest BCUT2D eigenvalue weighted by Crippen LogP contribution is -2.22. The van der Waals surface area contributed by atoms with Crippen molar-refractivity contribution in [2.75, 3.05) is 6.54 Å². The molecule has 108 valence electrons. The van der Waals surface area contributed by atoms with Gasteiger partial charge in [-0.3, -0.25) is 0 Å². The van der Waals surface area contributed by atoms with Crippen LogP contribution in [-0.4, -0.2) is 6.54 Å². The molecule has 1 saturated carbocycles. The van der Waals surface area contributed by atoms with Crippen LogP contribution in [0.2, 0.25) is 0 Å². The van der Waals surface area contributed by atoms with E-state index in [9.17, 15) is 0 Å². The minimum Gasteiger partial charge on any atom is -0.309 e. The van der Waals surface area contributed by atoms with E-state index in [-0.39, 0.29) is 0 Å². The van der Waals surface area contributed by atoms with Crippen LogP contribution in [0.25, 0.3) is 9.40 Å². The Labute approximate surface area is 133 Å². The summed E-state index contributed by atoms with van der Waals surface area (Å²) in [5.41, 5.74) is 1.50. The van der Waals surface area contributed by atoms with Crippen molar-refractivity contribution in [1.82, 2.24) is 5.32 Å². The van der Waals surface area contributed by atoms with E-state index in [1.165, 1.54) is 26.3 Å². The van der Waals surface area contributed by atoms with Crippen molar-refractivity contribution in [3.8, 4) is 0 Å². The van der Waals surface area contributed by atoms with Gasteiger partial charge in [0.25, 0.3) is 0 Å². The summed E-state index contributed by atoms with van der Waals surface area (Å²) in [6.45, 7) is 3.25. The van der Waals surface area contributed by atoms with E-state index in [0.29, 0.717) is 6.04 Å². The van der Waals surface area contributed by atoms with Crippen molar-refractivity contribution in [1.29, 1.82) is 0 Å². The first-order chi connectivity index (χ1) is 10.4. The van der Waals surface area contributed by atoms with Crippen LogP contribution in [0.1, 0.15) is 35.7 Å². The van der Waals surface area contributed by atoms with E-state index in [0.717, 1.165) is 18.4 Å². The third-order valence-electron chi connectivity index (χ3n) is 4.38. The van der Waals surface area contributed by atoms with Crippen LogP contribution in [0.4, 0.5) is 0 Å². The molecule has 2 heterocycles. The van der Waals surface area contributed by atoms with Gasteiger partial charge in [0, 0.05) is 20.3 Å². The Kier molecular flexibility index (Phi) is 3.57. The molecule has 3 atom stereocenters. The average molecular weight is 313 g/mol. The summed E-state index contributed by atoms with van der Waals surface area (Å²) in [5, 5.41) is 5.92. The van der Waals surface area contributed by atoms with Crippen LogP contribution in [0.5, 0.6) is 0 Å². The van der Waals surface area contributed by atoms with E-state index in [4.69, 9.17) is 0 Å². The molecule has 1 aliphatic rings. The summed E-state index contributed by atoms with van der Waals surface area (Å²) in [5.74, 6) is 1.48. The van der Waals surface area contributed by atoms with E-state index in [1.807, 2.05) is 22.7 Å². The number of benzene rings is 1. The third-order valence-corrected chi connectivity index (χ3v) is 6.56. The quantitative estimate of drug-likeness (QED) is 0.663. The monoisotopic (exact) mass is 313 g/mol. The van der Waals surface area contributed by atoms with Crippen molar-refractivity contribution in [3.63, 3.8) is 0 Å². The molecule has 1 aliphatic carbocycles. The van der Waals surface area contributed by atoms with Gasteiger partial charge in [0.1, 0.15) is 0 Å². The Morgan fingerprint density at radius 3 is 2.81 bits per heavy atom. The van der Waals surface area contributed by atoms with Gasteiger partial charge >= 0.3 is 0 Å². The summed E-state index contributed by atoms with van der Waals surface area (Å²) in [7, 11) is 0. The average Bonchev–Trinajstić information content (AvgIpc) is 3.00. The highest BCUT2D eigenvalue weighted by Crippen LogP contribution is 2.55. The largest absolute Gasteiger partial charge is 0.309 e. The minimum absolute atomic E-state index is 0.518. The molecule has 1 aromatic carbocycles. The zero-order valence-electron chi connectivity index (χ0n) is 12.1. The molecule has 3 heteroatoms. The molecule has 3 aromatic rings. The Bertz CT molecular complexity index is 699. The molecular formula is C18H19NS2. The molecule has 0 amide bonds. The van der Waals surface area contributed by atoms with Crippen molar-refractivity contribution in [3.05, 3.63) is 58.3 Å². The highest BCUT2D eigenvalue weighted by Gasteiger charge is 2.44. The van der Waals surface area contributed by atoms with Crippen molar-refractivity contribution < 1.29 is 0 Å². The molecule has 0 radical (unpaired) electrons. The van der Waals surface area contributed by atoms with Crippen LogP contribution in [0.3, 0.4) is 0 Å². The summed E-state index contributed by atoms with van der Waals surface area (Å²) >= 11 is 3.82. The van der Waals surface area contributed by atoms with Gasteiger partial charge in [-0.2, -0.15) is 0 Å². The Morgan fingerprint density at radius 1 is 1.19 bits per heavy atom. The molecule has 0 saturated heterocycles. The highest BCUT2D eigenvalue weighted by atomic mass is 32.1. The minimum atomic E-state index is 0.518. The first-order valence-electron chi connectivity index (χ1n) is 7.62. The second-order valence-electron chi connectivity index (χ2n) is 5.75. The van der Waals surface area contributed by atoms with Crippen LogP contribution >= 0.6 is 22.7 Å². The smallest absolute Gasteiger partial charge is 0.0454 e. The number of hydrogen-bond donors (Lipinski definition) is 1. The maximum atomic E-state index is 3.73. The lowest BCUT2D eigenvalue weighted by atomic mass is 10.0. The van der Waals surface area contributed by atoms with Crippen molar-refractivity contribution in [2.45, 2.75) is 25.3 Å². The molecule has 4 rings (SSSR count). The molecule has 1 N–H and O–H groups in total. The number of thiophene rings is 2. The molecule has 1 nitrogen and oxygen atoms in total. The number of nitrogens with one attached hydrogen (secondary N) is 1. The van der Waals surface area contributed by atoms with Gasteiger partial charge in [-0.25, -0.2) is 0 Å². The fourth-order valence-electron chi connectivity index (χ4n) is 3.29. The maximum Gasteiger partial charge on any atom is 0.0454 e. The molecule has 21 heavy (non-hydrogen) atoms. The summed E-state index contributed by atoms with van der Waals surface area (Å²) in [6.07, 6.45) is 1.31. The van der Waals surface area contributed by atoms with E-state index in [1.54, 1.807) is 0 Å². The number of rotatable bonds is 5. The van der Waals surface area contributed by atoms with Gasteiger partial charge in [-0.05, 0) is 47.9 Å². The lowest BCUT2D eigenvalue weighted by Gasteiger charge is -2.16. The first kappa shape index (κ1) is 13.5. The maximum absolute atomic E-state index is 3.73. The number of fused-ring (bicyclic) bond motifs is 1. The summed E-state index contributed by atoms with van der Waals surface area (Å²) in [4.78, 5) is 1.52. The van der Waals surface area contributed by atoms with Crippen LogP contribution < -0.4 is 5.32 Å². The van der Waals surface area contributed by atoms with Gasteiger partial charge in [0.2, 0.25) is 0 Å². The van der Waals surface area contributed by atoms with Gasteiger partial charge in [0.15, 0.2) is 0 Å². The Morgan fingerprint density at radius 2 is 2.05 bits per heavy atom. The second kappa shape index (κ2) is 5.56. The zero-order valence-corrected chi connectivity index (χ0v) is 13.7. The Balaban J connectivity index is 1.59. The molecule has 3 unspecified atom stereocenters. The summed E-state index contributed by atoms with van der Waals surface area (Å²) < 4.78 is 2.88. The van der Waals surface area contributed by atoms with E-state index < -0.39 is 0 Å². The van der Waals surface area contributed by atoms with Gasteiger partial charge in [-0.15, -0.1) is 22.7 Å². The van der Waals surface area contributed by atoms with Gasteiger partial charge in [0.05, 0.1) is 0 Å². The standard InChI is InChI=1S/C18H19NS2/c1-2-19-18(17-11-16-15(21-17)8-9-20-16)14-10-13(14)12-6-4-3-5-7-12/h3-9,11,13-14,18-19H,2,10H2,1H3. The Hall–Kier alpha value is -1.16. The van der Waals surface area contributed by atoms with Crippen LogP contribution in [0.15, 0.2) is 47.8 Å². The molecule has 1 fully saturated rings. The topological polar surface area (TPSA) is 12.0 Å². The third kappa shape index (κ3) is 2.54. The van der Waals surface area contributed by atoms with E-state index in [2.05, 4.69) is 60.1 Å². The molecule has 0 bridgehead atoms. The van der Waals surface area contributed by atoms with Crippen molar-refractivity contribution in [2.24, 2.45) is 5.92 Å². The van der Waals surface area contributed by atoms with Crippen molar-refractivity contribution >= 4 is 32.1 Å². The first-order valence-corrected chi connectivity index (χ1v) is 9.31. The normalized spacial score (nSPS) is 22.5. The van der Waals surface area contributed by atoms with Crippen LogP contribution in [0, 0.1) is 5.92 Å². The molecular weight excluding hydrogens is 294 g/mol. The molecule has 0 aliphatic heterocycles. The fourth-order valence-corrected chi connectivity index (χ4v) is 5.56. The van der Waals surface area contributed by atoms with Crippen LogP contribution in [-0.2, 0) is 0 Å². The molecule has 2 aromatic heterocycles. The summed E-state index contributed by atoms with van der Waals surface area (Å²) in [6, 6.07) is 16.2. The van der Waals surface area contributed by atoms with E-state index >= 15 is 0 Å². The lowest BCUT2D eigenvalue weighted by molar-refractivity contribution is 0.494.